The van der Waals surface area contributed by atoms with Crippen molar-refractivity contribution < 1.29 is 19.2 Å². The average Bonchev–Trinajstić information content (AvgIpc) is 3.00. The van der Waals surface area contributed by atoms with Crippen molar-refractivity contribution in [3.05, 3.63) is 38.9 Å². The molecule has 1 unspecified atom stereocenters. The summed E-state index contributed by atoms with van der Waals surface area (Å²) >= 11 is 5.87. The van der Waals surface area contributed by atoms with Gasteiger partial charge < -0.3 is 10.1 Å². The van der Waals surface area contributed by atoms with Crippen molar-refractivity contribution in [2.24, 2.45) is 0 Å². The van der Waals surface area contributed by atoms with Crippen LogP contribution in [0, 0.1) is 10.1 Å². The Kier molecular flexibility index (Phi) is 5.54. The molecule has 1 fully saturated rings. The van der Waals surface area contributed by atoms with Gasteiger partial charge in [0, 0.05) is 18.2 Å². The van der Waals surface area contributed by atoms with Crippen molar-refractivity contribution in [2.75, 3.05) is 0 Å². The predicted molar refractivity (Wildman–Crippen MR) is 83.4 cm³/mol. The molecule has 23 heavy (non-hydrogen) atoms. The highest BCUT2D eigenvalue weighted by atomic mass is 35.5. The third-order valence-electron chi connectivity index (χ3n) is 3.74. The van der Waals surface area contributed by atoms with Crippen LogP contribution in [0.15, 0.2) is 18.2 Å². The number of benzene rings is 1. The highest BCUT2D eigenvalue weighted by molar-refractivity contribution is 6.33. The number of amides is 1. The number of carbonyl (C=O) groups is 2. The maximum Gasteiger partial charge on any atom is 0.340 e. The highest BCUT2D eigenvalue weighted by Crippen LogP contribution is 2.23. The van der Waals surface area contributed by atoms with E-state index in [1.54, 1.807) is 0 Å². The van der Waals surface area contributed by atoms with E-state index in [1.807, 2.05) is 0 Å². The van der Waals surface area contributed by atoms with Crippen LogP contribution in [0.4, 0.5) is 5.69 Å². The smallest absolute Gasteiger partial charge is 0.340 e. The summed E-state index contributed by atoms with van der Waals surface area (Å²) in [6, 6.07) is 3.59. The molecule has 0 heterocycles. The zero-order valence-corrected chi connectivity index (χ0v) is 13.3. The van der Waals surface area contributed by atoms with Crippen LogP contribution in [0.1, 0.15) is 43.0 Å². The fourth-order valence-electron chi connectivity index (χ4n) is 2.45. The molecule has 1 aliphatic carbocycles. The number of carbonyl (C=O) groups excluding carboxylic acids is 2. The number of nitrogens with one attached hydrogen (secondary N) is 1. The summed E-state index contributed by atoms with van der Waals surface area (Å²) in [6.07, 6.45) is 2.98. The molecule has 0 saturated heterocycles. The van der Waals surface area contributed by atoms with Crippen LogP contribution in [0.25, 0.3) is 0 Å². The lowest BCUT2D eigenvalue weighted by atomic mass is 10.2. The van der Waals surface area contributed by atoms with E-state index in [4.69, 9.17) is 16.3 Å². The summed E-state index contributed by atoms with van der Waals surface area (Å²) in [7, 11) is 0. The van der Waals surface area contributed by atoms with Crippen molar-refractivity contribution in [1.29, 1.82) is 0 Å². The minimum atomic E-state index is -1.00. The summed E-state index contributed by atoms with van der Waals surface area (Å²) in [6.45, 7) is 1.45. The first-order chi connectivity index (χ1) is 10.9. The minimum Gasteiger partial charge on any atom is -0.449 e. The van der Waals surface area contributed by atoms with Crippen LogP contribution in [0.2, 0.25) is 5.02 Å². The van der Waals surface area contributed by atoms with E-state index in [0.29, 0.717) is 0 Å². The van der Waals surface area contributed by atoms with Gasteiger partial charge in [0.1, 0.15) is 0 Å². The Morgan fingerprint density at radius 1 is 1.39 bits per heavy atom. The first-order valence-corrected chi connectivity index (χ1v) is 7.71. The van der Waals surface area contributed by atoms with Crippen molar-refractivity contribution in [1.82, 2.24) is 5.32 Å². The van der Waals surface area contributed by atoms with Gasteiger partial charge in [-0.1, -0.05) is 24.4 Å². The second-order valence-electron chi connectivity index (χ2n) is 5.46. The number of non-ortho nitro benzene ring substituents is 1. The van der Waals surface area contributed by atoms with E-state index in [0.717, 1.165) is 31.7 Å². The molecule has 0 aromatic heterocycles. The van der Waals surface area contributed by atoms with Crippen LogP contribution in [-0.2, 0) is 9.53 Å². The molecule has 1 N–H and O–H groups in total. The van der Waals surface area contributed by atoms with Crippen LogP contribution < -0.4 is 5.32 Å². The van der Waals surface area contributed by atoms with Crippen molar-refractivity contribution >= 4 is 29.2 Å². The van der Waals surface area contributed by atoms with Gasteiger partial charge in [-0.05, 0) is 25.8 Å². The van der Waals surface area contributed by atoms with E-state index in [1.165, 1.54) is 19.1 Å². The van der Waals surface area contributed by atoms with Gasteiger partial charge in [-0.25, -0.2) is 4.79 Å². The second-order valence-corrected chi connectivity index (χ2v) is 5.87. The Bertz CT molecular complexity index is 628. The molecule has 0 aliphatic heterocycles. The van der Waals surface area contributed by atoms with Gasteiger partial charge in [0.05, 0.1) is 15.5 Å². The molecule has 0 bridgehead atoms. The first-order valence-electron chi connectivity index (χ1n) is 7.34. The number of esters is 1. The third-order valence-corrected chi connectivity index (χ3v) is 4.06. The van der Waals surface area contributed by atoms with Crippen molar-refractivity contribution in [3.8, 4) is 0 Å². The molecule has 0 radical (unpaired) electrons. The lowest BCUT2D eigenvalue weighted by Crippen LogP contribution is -2.40. The zero-order chi connectivity index (χ0) is 17.0. The Morgan fingerprint density at radius 2 is 2.04 bits per heavy atom. The molecule has 1 saturated carbocycles. The molecule has 1 aliphatic rings. The largest absolute Gasteiger partial charge is 0.449 e. The van der Waals surface area contributed by atoms with Gasteiger partial charge in [-0.15, -0.1) is 0 Å². The fourth-order valence-corrected chi connectivity index (χ4v) is 2.64. The van der Waals surface area contributed by atoms with Crippen LogP contribution >= 0.6 is 11.6 Å². The maximum absolute atomic E-state index is 12.1. The van der Waals surface area contributed by atoms with E-state index >= 15 is 0 Å². The van der Waals surface area contributed by atoms with Crippen molar-refractivity contribution in [2.45, 2.75) is 44.8 Å². The van der Waals surface area contributed by atoms with Crippen LogP contribution in [0.5, 0.6) is 0 Å². The molecule has 1 aromatic rings. The molecule has 0 spiro atoms. The number of ether oxygens (including phenoxy) is 1. The number of rotatable bonds is 5. The Morgan fingerprint density at radius 3 is 2.65 bits per heavy atom. The van der Waals surface area contributed by atoms with Crippen molar-refractivity contribution in [3.63, 3.8) is 0 Å². The summed E-state index contributed by atoms with van der Waals surface area (Å²) in [5.74, 6) is -1.25. The SMILES string of the molecule is CC(OC(=O)c1cc([N+](=O)[O-])ccc1Cl)C(=O)NC1CCCC1. The molecule has 1 amide bonds. The lowest BCUT2D eigenvalue weighted by molar-refractivity contribution is -0.384. The maximum atomic E-state index is 12.1. The fraction of sp³-hybridized carbons (Fsp3) is 0.467. The molecule has 2 rings (SSSR count). The monoisotopic (exact) mass is 340 g/mol. The molecule has 1 atom stereocenters. The van der Waals surface area contributed by atoms with E-state index in [2.05, 4.69) is 5.32 Å². The summed E-state index contributed by atoms with van der Waals surface area (Å²) in [5.41, 5.74) is -0.411. The average molecular weight is 341 g/mol. The summed E-state index contributed by atoms with van der Waals surface area (Å²) in [4.78, 5) is 34.2. The molecule has 124 valence electrons. The topological polar surface area (TPSA) is 98.5 Å². The number of hydrogen-bond donors (Lipinski definition) is 1. The van der Waals surface area contributed by atoms with Gasteiger partial charge in [0.15, 0.2) is 6.10 Å². The number of nitro groups is 1. The van der Waals surface area contributed by atoms with Crippen LogP contribution in [0.3, 0.4) is 0 Å². The Labute approximate surface area is 138 Å². The molecule has 8 heteroatoms. The van der Waals surface area contributed by atoms with Gasteiger partial charge in [0.25, 0.3) is 11.6 Å². The summed E-state index contributed by atoms with van der Waals surface area (Å²) in [5, 5.41) is 13.6. The Balaban J connectivity index is 2.01. The second kappa shape index (κ2) is 7.41. The highest BCUT2D eigenvalue weighted by Gasteiger charge is 2.25. The minimum absolute atomic E-state index is 0.0315. The third kappa shape index (κ3) is 4.41. The number of halogens is 1. The van der Waals surface area contributed by atoms with E-state index in [-0.39, 0.29) is 28.2 Å². The Hall–Kier alpha value is -2.15. The molecule has 1 aromatic carbocycles. The van der Waals surface area contributed by atoms with E-state index < -0.39 is 17.0 Å². The first kappa shape index (κ1) is 17.2. The van der Waals surface area contributed by atoms with Gasteiger partial charge >= 0.3 is 5.97 Å². The molecular weight excluding hydrogens is 324 g/mol. The normalized spacial score (nSPS) is 15.9. The van der Waals surface area contributed by atoms with Gasteiger partial charge in [0.2, 0.25) is 0 Å². The van der Waals surface area contributed by atoms with E-state index in [9.17, 15) is 19.7 Å². The number of nitrogens with zero attached hydrogens (tertiary/aromatic N) is 1. The molecular formula is C15H17ClN2O5. The number of hydrogen-bond acceptors (Lipinski definition) is 5. The number of nitro benzene ring substituents is 1. The van der Waals surface area contributed by atoms with Crippen LogP contribution in [-0.4, -0.2) is 28.9 Å². The quantitative estimate of drug-likeness (QED) is 0.505. The standard InChI is InChI=1S/C15H17ClN2O5/c1-9(14(19)17-10-4-2-3-5-10)23-15(20)12-8-11(18(21)22)6-7-13(12)16/h6-10H,2-5H2,1H3,(H,17,19). The lowest BCUT2D eigenvalue weighted by Gasteiger charge is -2.17. The zero-order valence-electron chi connectivity index (χ0n) is 12.6. The van der Waals surface area contributed by atoms with Gasteiger partial charge in [-0.2, -0.15) is 0 Å². The summed E-state index contributed by atoms with van der Waals surface area (Å²) < 4.78 is 5.07. The van der Waals surface area contributed by atoms with Gasteiger partial charge in [-0.3, -0.25) is 14.9 Å². The predicted octanol–water partition coefficient (Wildman–Crippen LogP) is 2.85. The molecule has 7 nitrogen and oxygen atoms in total.